The van der Waals surface area contributed by atoms with E-state index >= 15 is 0 Å². The van der Waals surface area contributed by atoms with Crippen LogP contribution in [-0.4, -0.2) is 26.2 Å². The van der Waals surface area contributed by atoms with Crippen LogP contribution in [-0.2, 0) is 0 Å². The fraction of sp³-hybridized carbons (Fsp3) is 1.00. The molecule has 1 aliphatic rings. The van der Waals surface area contributed by atoms with E-state index < -0.39 is 0 Å². The Hall–Kier alpha value is -0.0800. The molecule has 1 fully saturated rings. The van der Waals surface area contributed by atoms with Crippen molar-refractivity contribution in [3.8, 4) is 0 Å². The van der Waals surface area contributed by atoms with Crippen molar-refractivity contribution >= 4 is 0 Å². The first-order valence-electron chi connectivity index (χ1n) is 5.21. The third-order valence-electron chi connectivity index (χ3n) is 2.66. The summed E-state index contributed by atoms with van der Waals surface area (Å²) in [4.78, 5) is 0. The molecule has 1 atom stereocenters. The fourth-order valence-corrected chi connectivity index (χ4v) is 1.92. The molecular formula is C10H22N2. The van der Waals surface area contributed by atoms with Gasteiger partial charge in [-0.15, -0.1) is 0 Å². The van der Waals surface area contributed by atoms with Crippen LogP contribution in [0.15, 0.2) is 0 Å². The summed E-state index contributed by atoms with van der Waals surface area (Å²) in [5.74, 6) is 0.760. The molecule has 72 valence electrons. The molecule has 0 heterocycles. The zero-order valence-electron chi connectivity index (χ0n) is 8.40. The molecule has 2 nitrogen and oxygen atoms in total. The molecule has 0 aromatic rings. The van der Waals surface area contributed by atoms with Gasteiger partial charge in [0.05, 0.1) is 0 Å². The second-order valence-electron chi connectivity index (χ2n) is 4.05. The van der Waals surface area contributed by atoms with Crippen LogP contribution < -0.4 is 10.6 Å². The average molecular weight is 170 g/mol. The molecule has 1 unspecified atom stereocenters. The summed E-state index contributed by atoms with van der Waals surface area (Å²) < 4.78 is 0. The van der Waals surface area contributed by atoms with E-state index in [1.807, 2.05) is 7.05 Å². The lowest BCUT2D eigenvalue weighted by Gasteiger charge is -2.16. The first-order chi connectivity index (χ1) is 5.83. The van der Waals surface area contributed by atoms with Crippen LogP contribution in [0.25, 0.3) is 0 Å². The third-order valence-corrected chi connectivity index (χ3v) is 2.66. The van der Waals surface area contributed by atoms with Crippen LogP contribution in [0.2, 0.25) is 0 Å². The molecule has 1 saturated carbocycles. The Labute approximate surface area is 76.1 Å². The molecule has 0 radical (unpaired) electrons. The Bertz CT molecular complexity index is 108. The van der Waals surface area contributed by atoms with E-state index in [1.165, 1.54) is 32.2 Å². The van der Waals surface area contributed by atoms with E-state index in [0.29, 0.717) is 0 Å². The molecule has 12 heavy (non-hydrogen) atoms. The van der Waals surface area contributed by atoms with E-state index in [2.05, 4.69) is 17.6 Å². The summed E-state index contributed by atoms with van der Waals surface area (Å²) in [6, 6.07) is 0.823. The predicted octanol–water partition coefficient (Wildman–Crippen LogP) is 1.37. The Balaban J connectivity index is 1.99. The Morgan fingerprint density at radius 2 is 1.92 bits per heavy atom. The van der Waals surface area contributed by atoms with Crippen LogP contribution in [0.3, 0.4) is 0 Å². The monoisotopic (exact) mass is 170 g/mol. The standard InChI is InChI=1S/C10H22N2/c1-9(7-11-2)8-12-10-5-3-4-6-10/h9-12H,3-8H2,1-2H3. The van der Waals surface area contributed by atoms with E-state index in [0.717, 1.165) is 18.5 Å². The maximum atomic E-state index is 3.63. The second-order valence-corrected chi connectivity index (χ2v) is 4.05. The van der Waals surface area contributed by atoms with Gasteiger partial charge in [0.1, 0.15) is 0 Å². The molecule has 0 aliphatic heterocycles. The fourth-order valence-electron chi connectivity index (χ4n) is 1.92. The SMILES string of the molecule is CNCC(C)CNC1CCCC1. The van der Waals surface area contributed by atoms with Crippen molar-refractivity contribution in [2.24, 2.45) is 5.92 Å². The quantitative estimate of drug-likeness (QED) is 0.651. The predicted molar refractivity (Wildman–Crippen MR) is 53.3 cm³/mol. The highest BCUT2D eigenvalue weighted by Gasteiger charge is 2.14. The average Bonchev–Trinajstić information content (AvgIpc) is 2.53. The molecule has 0 bridgehead atoms. The van der Waals surface area contributed by atoms with Gasteiger partial charge in [-0.1, -0.05) is 19.8 Å². The molecular weight excluding hydrogens is 148 g/mol. The van der Waals surface area contributed by atoms with E-state index in [4.69, 9.17) is 0 Å². The Kier molecular flexibility index (Phi) is 4.62. The largest absolute Gasteiger partial charge is 0.319 e. The van der Waals surface area contributed by atoms with Crippen molar-refractivity contribution in [2.45, 2.75) is 38.6 Å². The third kappa shape index (κ3) is 3.55. The van der Waals surface area contributed by atoms with E-state index in [-0.39, 0.29) is 0 Å². The topological polar surface area (TPSA) is 24.1 Å². The summed E-state index contributed by atoms with van der Waals surface area (Å²) in [7, 11) is 2.02. The van der Waals surface area contributed by atoms with Gasteiger partial charge >= 0.3 is 0 Å². The summed E-state index contributed by atoms with van der Waals surface area (Å²) >= 11 is 0. The molecule has 0 spiro atoms. The van der Waals surface area contributed by atoms with Gasteiger partial charge in [-0.2, -0.15) is 0 Å². The van der Waals surface area contributed by atoms with Crippen LogP contribution in [0.5, 0.6) is 0 Å². The lowest BCUT2D eigenvalue weighted by atomic mass is 10.1. The van der Waals surface area contributed by atoms with Crippen LogP contribution in [0, 0.1) is 5.92 Å². The van der Waals surface area contributed by atoms with Gasteiger partial charge in [-0.05, 0) is 38.9 Å². The minimum atomic E-state index is 0.760. The van der Waals surface area contributed by atoms with Gasteiger partial charge in [0.15, 0.2) is 0 Å². The van der Waals surface area contributed by atoms with E-state index in [1.54, 1.807) is 0 Å². The molecule has 2 N–H and O–H groups in total. The van der Waals surface area contributed by atoms with Crippen LogP contribution in [0.1, 0.15) is 32.6 Å². The lowest BCUT2D eigenvalue weighted by molar-refractivity contribution is 0.438. The zero-order valence-corrected chi connectivity index (χ0v) is 8.40. The van der Waals surface area contributed by atoms with Crippen molar-refractivity contribution in [1.29, 1.82) is 0 Å². The highest BCUT2D eigenvalue weighted by atomic mass is 14.9. The van der Waals surface area contributed by atoms with Crippen molar-refractivity contribution in [1.82, 2.24) is 10.6 Å². The highest BCUT2D eigenvalue weighted by Crippen LogP contribution is 2.17. The number of nitrogens with one attached hydrogen (secondary N) is 2. The maximum Gasteiger partial charge on any atom is 0.00671 e. The maximum absolute atomic E-state index is 3.63. The molecule has 0 amide bonds. The molecule has 2 heteroatoms. The van der Waals surface area contributed by atoms with Crippen molar-refractivity contribution in [3.63, 3.8) is 0 Å². The van der Waals surface area contributed by atoms with Crippen LogP contribution >= 0.6 is 0 Å². The highest BCUT2D eigenvalue weighted by molar-refractivity contribution is 4.74. The van der Waals surface area contributed by atoms with Crippen molar-refractivity contribution < 1.29 is 0 Å². The minimum absolute atomic E-state index is 0.760. The van der Waals surface area contributed by atoms with Gasteiger partial charge in [0.2, 0.25) is 0 Å². The summed E-state index contributed by atoms with van der Waals surface area (Å²) in [6.07, 6.45) is 5.65. The number of hydrogen-bond acceptors (Lipinski definition) is 2. The van der Waals surface area contributed by atoms with E-state index in [9.17, 15) is 0 Å². The number of rotatable bonds is 5. The Morgan fingerprint density at radius 3 is 2.50 bits per heavy atom. The Morgan fingerprint density at radius 1 is 1.25 bits per heavy atom. The number of hydrogen-bond donors (Lipinski definition) is 2. The van der Waals surface area contributed by atoms with Crippen molar-refractivity contribution in [2.75, 3.05) is 20.1 Å². The molecule has 0 aromatic heterocycles. The smallest absolute Gasteiger partial charge is 0.00671 e. The molecule has 1 rings (SSSR count). The first-order valence-corrected chi connectivity index (χ1v) is 5.21. The van der Waals surface area contributed by atoms with Gasteiger partial charge in [-0.25, -0.2) is 0 Å². The summed E-state index contributed by atoms with van der Waals surface area (Å²) in [6.45, 7) is 4.59. The molecule has 0 saturated heterocycles. The second kappa shape index (κ2) is 5.55. The minimum Gasteiger partial charge on any atom is -0.319 e. The van der Waals surface area contributed by atoms with Gasteiger partial charge in [0.25, 0.3) is 0 Å². The normalized spacial score (nSPS) is 21.5. The van der Waals surface area contributed by atoms with Gasteiger partial charge in [-0.3, -0.25) is 0 Å². The van der Waals surface area contributed by atoms with Gasteiger partial charge in [0, 0.05) is 6.04 Å². The summed E-state index contributed by atoms with van der Waals surface area (Å²) in [5, 5.41) is 6.83. The van der Waals surface area contributed by atoms with Crippen LogP contribution in [0.4, 0.5) is 0 Å². The summed E-state index contributed by atoms with van der Waals surface area (Å²) in [5.41, 5.74) is 0. The lowest BCUT2D eigenvalue weighted by Crippen LogP contribution is -2.33. The molecule has 1 aliphatic carbocycles. The van der Waals surface area contributed by atoms with Gasteiger partial charge < -0.3 is 10.6 Å². The first kappa shape index (κ1) is 10.0. The molecule has 0 aromatic carbocycles. The zero-order chi connectivity index (χ0) is 8.81. The van der Waals surface area contributed by atoms with Crippen molar-refractivity contribution in [3.05, 3.63) is 0 Å².